The van der Waals surface area contributed by atoms with Gasteiger partial charge in [-0.05, 0) is 28.8 Å². The molecule has 0 unspecified atom stereocenters. The molecule has 38 heavy (non-hydrogen) atoms. The number of piperazine rings is 1. The van der Waals surface area contributed by atoms with Crippen molar-refractivity contribution in [2.24, 2.45) is 0 Å². The first-order valence-electron chi connectivity index (χ1n) is 12.3. The van der Waals surface area contributed by atoms with Gasteiger partial charge in [0.1, 0.15) is 25.9 Å². The minimum atomic E-state index is -0.885. The highest BCUT2D eigenvalue weighted by molar-refractivity contribution is 6.32. The van der Waals surface area contributed by atoms with Crippen molar-refractivity contribution in [3.63, 3.8) is 0 Å². The maximum Gasteiger partial charge on any atom is 0.334 e. The lowest BCUT2D eigenvalue weighted by atomic mass is 9.94. The van der Waals surface area contributed by atoms with Crippen LogP contribution in [-0.2, 0) is 22.7 Å². The average Bonchev–Trinajstić information content (AvgIpc) is 2.90. The number of benzene rings is 3. The van der Waals surface area contributed by atoms with Crippen molar-refractivity contribution in [2.75, 3.05) is 20.1 Å². The summed E-state index contributed by atoms with van der Waals surface area (Å²) in [5.41, 5.74) is 2.84. The van der Waals surface area contributed by atoms with Crippen LogP contribution in [-0.4, -0.2) is 71.8 Å². The minimum absolute atomic E-state index is 0.0632. The molecule has 2 atom stereocenters. The number of rotatable bonds is 5. The van der Waals surface area contributed by atoms with E-state index in [2.05, 4.69) is 5.32 Å². The molecule has 2 radical (unpaired) electrons. The molecule has 2 saturated heterocycles. The molecule has 2 heterocycles. The van der Waals surface area contributed by atoms with E-state index in [0.29, 0.717) is 11.0 Å². The van der Waals surface area contributed by atoms with Gasteiger partial charge < -0.3 is 15.1 Å². The normalized spacial score (nSPS) is 19.9. The van der Waals surface area contributed by atoms with Crippen molar-refractivity contribution in [1.82, 2.24) is 25.1 Å². The van der Waals surface area contributed by atoms with Crippen LogP contribution >= 0.6 is 0 Å². The highest BCUT2D eigenvalue weighted by Crippen LogP contribution is 2.35. The van der Waals surface area contributed by atoms with Crippen LogP contribution in [0.5, 0.6) is 0 Å². The fourth-order valence-corrected chi connectivity index (χ4v) is 5.07. The minimum Gasteiger partial charge on any atom is -0.333 e. The van der Waals surface area contributed by atoms with E-state index in [1.54, 1.807) is 35.2 Å². The molecule has 10 heteroatoms. The molecular formula is C28H27BFN5O3. The molecule has 0 spiro atoms. The number of halogens is 1. The van der Waals surface area contributed by atoms with Gasteiger partial charge in [-0.15, -0.1) is 0 Å². The number of hydrogen-bond donors (Lipinski definition) is 1. The number of hydrogen-bond acceptors (Lipinski definition) is 4. The SMILES string of the molecule is [B]c1cccc(CN2C[C@H]3N(C(=O)CN(C)N3C(=O)NCc3ccc(F)cc3)[C@@H](c3ccccc3)C2=O)c1. The van der Waals surface area contributed by atoms with Gasteiger partial charge in [-0.1, -0.05) is 72.2 Å². The Morgan fingerprint density at radius 3 is 2.45 bits per heavy atom. The highest BCUT2D eigenvalue weighted by Gasteiger charge is 2.51. The van der Waals surface area contributed by atoms with Crippen LogP contribution in [0, 0.1) is 5.82 Å². The summed E-state index contributed by atoms with van der Waals surface area (Å²) >= 11 is 0. The zero-order chi connectivity index (χ0) is 26.8. The van der Waals surface area contributed by atoms with Gasteiger partial charge in [0.15, 0.2) is 0 Å². The summed E-state index contributed by atoms with van der Waals surface area (Å²) in [6, 6.07) is 21.0. The van der Waals surface area contributed by atoms with E-state index >= 15 is 0 Å². The van der Waals surface area contributed by atoms with Crippen LogP contribution in [0.2, 0.25) is 0 Å². The summed E-state index contributed by atoms with van der Waals surface area (Å²) in [6.45, 7) is 0.516. The predicted molar refractivity (Wildman–Crippen MR) is 140 cm³/mol. The maximum absolute atomic E-state index is 13.8. The summed E-state index contributed by atoms with van der Waals surface area (Å²) in [6.07, 6.45) is -0.738. The van der Waals surface area contributed by atoms with Crippen molar-refractivity contribution < 1.29 is 18.8 Å². The Bertz CT molecular complexity index is 1340. The summed E-state index contributed by atoms with van der Waals surface area (Å²) in [5, 5.41) is 5.92. The molecule has 192 valence electrons. The number of carbonyl (C=O) groups excluding carboxylic acids is 3. The van der Waals surface area contributed by atoms with Crippen LogP contribution < -0.4 is 10.8 Å². The number of urea groups is 1. The van der Waals surface area contributed by atoms with Gasteiger partial charge in [0.2, 0.25) is 5.91 Å². The molecule has 2 aliphatic rings. The zero-order valence-electron chi connectivity index (χ0n) is 21.0. The summed E-state index contributed by atoms with van der Waals surface area (Å²) in [5.74, 6) is -0.825. The topological polar surface area (TPSA) is 76.2 Å². The van der Waals surface area contributed by atoms with Crippen LogP contribution in [0.15, 0.2) is 78.9 Å². The van der Waals surface area contributed by atoms with Crippen molar-refractivity contribution >= 4 is 31.2 Å². The Hall–Kier alpha value is -4.18. The third kappa shape index (κ3) is 5.12. The monoisotopic (exact) mass is 511 g/mol. The zero-order valence-corrected chi connectivity index (χ0v) is 21.0. The van der Waals surface area contributed by atoms with Crippen molar-refractivity contribution in [2.45, 2.75) is 25.3 Å². The summed E-state index contributed by atoms with van der Waals surface area (Å²) in [4.78, 5) is 43.9. The van der Waals surface area contributed by atoms with E-state index in [-0.39, 0.29) is 43.8 Å². The fourth-order valence-electron chi connectivity index (χ4n) is 5.07. The quantitative estimate of drug-likeness (QED) is 0.532. The first kappa shape index (κ1) is 25.5. The highest BCUT2D eigenvalue weighted by atomic mass is 19.1. The standard InChI is InChI=1S/C28H27BFN5O3/c1-32-18-25(36)34-24(35(32)28(38)31-15-19-10-12-23(30)13-11-19)17-33(16-20-6-5-9-22(29)14-20)27(37)26(34)21-7-3-2-4-8-21/h2-14,24,26H,15-18H2,1H3,(H,31,38)/t24-,26-/m0/s1. The molecule has 2 aliphatic heterocycles. The Balaban J connectivity index is 1.47. The second-order valence-electron chi connectivity index (χ2n) is 9.50. The molecule has 5 rings (SSSR count). The van der Waals surface area contributed by atoms with Gasteiger partial charge in [-0.3, -0.25) is 9.59 Å². The number of amides is 4. The predicted octanol–water partition coefficient (Wildman–Crippen LogP) is 1.93. The van der Waals surface area contributed by atoms with Gasteiger partial charge in [-0.25, -0.2) is 19.2 Å². The molecule has 0 aliphatic carbocycles. The first-order chi connectivity index (χ1) is 18.3. The van der Waals surface area contributed by atoms with Gasteiger partial charge >= 0.3 is 6.03 Å². The number of nitrogens with zero attached hydrogens (tertiary/aromatic N) is 4. The Kier molecular flexibility index (Phi) is 7.15. The van der Waals surface area contributed by atoms with Gasteiger partial charge in [0.05, 0.1) is 13.1 Å². The maximum atomic E-state index is 13.8. The summed E-state index contributed by atoms with van der Waals surface area (Å²) < 4.78 is 13.3. The van der Waals surface area contributed by atoms with E-state index in [1.165, 1.54) is 22.0 Å². The summed E-state index contributed by atoms with van der Waals surface area (Å²) in [7, 11) is 7.64. The van der Waals surface area contributed by atoms with Crippen LogP contribution in [0.4, 0.5) is 9.18 Å². The molecule has 0 saturated carbocycles. The molecule has 3 aromatic rings. The van der Waals surface area contributed by atoms with E-state index in [0.717, 1.165) is 11.1 Å². The number of fused-ring (bicyclic) bond motifs is 1. The fraction of sp³-hybridized carbons (Fsp3) is 0.250. The number of carbonyl (C=O) groups is 3. The molecule has 0 bridgehead atoms. The largest absolute Gasteiger partial charge is 0.334 e. The molecule has 1 N–H and O–H groups in total. The van der Waals surface area contributed by atoms with Crippen LogP contribution in [0.1, 0.15) is 22.7 Å². The molecule has 0 aromatic heterocycles. The van der Waals surface area contributed by atoms with Gasteiger partial charge in [-0.2, -0.15) is 0 Å². The molecular weight excluding hydrogens is 484 g/mol. The third-order valence-corrected chi connectivity index (χ3v) is 6.84. The number of likely N-dealkylation sites (N-methyl/N-ethyl adjacent to an activating group) is 1. The van der Waals surface area contributed by atoms with E-state index in [1.807, 2.05) is 48.5 Å². The Morgan fingerprint density at radius 2 is 1.74 bits per heavy atom. The second kappa shape index (κ2) is 10.7. The molecule has 4 amide bonds. The van der Waals surface area contributed by atoms with E-state index < -0.39 is 18.2 Å². The van der Waals surface area contributed by atoms with Gasteiger partial charge in [0.25, 0.3) is 5.91 Å². The Morgan fingerprint density at radius 1 is 1.00 bits per heavy atom. The van der Waals surface area contributed by atoms with Crippen molar-refractivity contribution in [3.05, 3.63) is 101 Å². The van der Waals surface area contributed by atoms with Crippen LogP contribution in [0.3, 0.4) is 0 Å². The Labute approximate surface area is 222 Å². The van der Waals surface area contributed by atoms with E-state index in [9.17, 15) is 18.8 Å². The lowest BCUT2D eigenvalue weighted by molar-refractivity contribution is -0.188. The lowest BCUT2D eigenvalue weighted by Crippen LogP contribution is -2.73. The number of nitrogens with one attached hydrogen (secondary N) is 1. The van der Waals surface area contributed by atoms with Gasteiger partial charge in [0, 0.05) is 20.1 Å². The third-order valence-electron chi connectivity index (χ3n) is 6.84. The smallest absolute Gasteiger partial charge is 0.333 e. The second-order valence-corrected chi connectivity index (χ2v) is 9.50. The average molecular weight is 511 g/mol. The lowest BCUT2D eigenvalue weighted by Gasteiger charge is -2.54. The first-order valence-corrected chi connectivity index (χ1v) is 12.3. The van der Waals surface area contributed by atoms with E-state index in [4.69, 9.17) is 7.85 Å². The van der Waals surface area contributed by atoms with Crippen LogP contribution in [0.25, 0.3) is 0 Å². The van der Waals surface area contributed by atoms with Crippen molar-refractivity contribution in [1.29, 1.82) is 0 Å². The van der Waals surface area contributed by atoms with Crippen molar-refractivity contribution in [3.8, 4) is 0 Å². The molecule has 2 fully saturated rings. The molecule has 3 aromatic carbocycles. The molecule has 8 nitrogen and oxygen atoms in total. The number of hydrazine groups is 1.